The Kier molecular flexibility index (Phi) is 4.30. The van der Waals surface area contributed by atoms with Gasteiger partial charge in [0.25, 0.3) is 0 Å². The molecular weight excluding hydrogens is 299 g/mol. The van der Waals surface area contributed by atoms with Crippen LogP contribution in [0.15, 0.2) is 30.5 Å². The number of hydrogen-bond acceptors (Lipinski definition) is 5. The molecule has 0 fully saturated rings. The normalized spacial score (nSPS) is 9.95. The van der Waals surface area contributed by atoms with Crippen molar-refractivity contribution in [2.24, 2.45) is 0 Å². The van der Waals surface area contributed by atoms with E-state index in [0.717, 1.165) is 6.07 Å². The van der Waals surface area contributed by atoms with E-state index < -0.39 is 10.7 Å². The average Bonchev–Trinajstić information content (AvgIpc) is 2.48. The molecule has 0 atom stereocenters. The fourth-order valence-electron chi connectivity index (χ4n) is 1.63. The van der Waals surface area contributed by atoms with Crippen LogP contribution in [-0.2, 0) is 6.54 Å². The average molecular weight is 307 g/mol. The van der Waals surface area contributed by atoms with E-state index in [1.807, 2.05) is 0 Å². The molecule has 0 spiro atoms. The number of nitro groups is 1. The molecule has 21 heavy (non-hydrogen) atoms. The Morgan fingerprint density at radius 3 is 2.86 bits per heavy atom. The maximum absolute atomic E-state index is 13.0. The number of hydrogen-bond donors (Lipinski definition) is 1. The van der Waals surface area contributed by atoms with Crippen molar-refractivity contribution in [1.82, 2.24) is 4.98 Å². The monoisotopic (exact) mass is 306 g/mol. The summed E-state index contributed by atoms with van der Waals surface area (Å²) in [4.78, 5) is 14.2. The van der Waals surface area contributed by atoms with E-state index in [0.29, 0.717) is 5.56 Å². The molecule has 1 heterocycles. The van der Waals surface area contributed by atoms with Crippen LogP contribution in [0.5, 0.6) is 0 Å². The number of nitrogens with one attached hydrogen (secondary N) is 1. The van der Waals surface area contributed by atoms with Gasteiger partial charge in [-0.05, 0) is 17.7 Å². The summed E-state index contributed by atoms with van der Waals surface area (Å²) < 4.78 is 13.0. The van der Waals surface area contributed by atoms with Crippen molar-refractivity contribution in [3.05, 3.63) is 62.5 Å². The second-order valence-corrected chi connectivity index (χ2v) is 4.47. The van der Waals surface area contributed by atoms with E-state index in [4.69, 9.17) is 16.9 Å². The van der Waals surface area contributed by atoms with Crippen LogP contribution in [0.2, 0.25) is 5.02 Å². The second kappa shape index (κ2) is 6.15. The van der Waals surface area contributed by atoms with Crippen molar-refractivity contribution >= 4 is 23.1 Å². The summed E-state index contributed by atoms with van der Waals surface area (Å²) in [5.74, 6) is -0.512. The molecule has 2 rings (SSSR count). The van der Waals surface area contributed by atoms with E-state index in [-0.39, 0.29) is 28.6 Å². The Morgan fingerprint density at radius 1 is 1.48 bits per heavy atom. The number of nitriles is 1. The van der Waals surface area contributed by atoms with Crippen molar-refractivity contribution in [3.8, 4) is 6.07 Å². The Morgan fingerprint density at radius 2 is 2.24 bits per heavy atom. The van der Waals surface area contributed by atoms with E-state index in [1.54, 1.807) is 6.07 Å². The van der Waals surface area contributed by atoms with E-state index in [9.17, 15) is 14.5 Å². The lowest BCUT2D eigenvalue weighted by molar-refractivity contribution is -0.384. The quantitative estimate of drug-likeness (QED) is 0.691. The van der Waals surface area contributed by atoms with Crippen LogP contribution >= 0.6 is 11.6 Å². The summed E-state index contributed by atoms with van der Waals surface area (Å²) >= 11 is 5.65. The van der Waals surface area contributed by atoms with Crippen molar-refractivity contribution in [3.63, 3.8) is 0 Å². The molecule has 8 heteroatoms. The molecule has 0 saturated carbocycles. The minimum absolute atomic E-state index is 0.0273. The van der Waals surface area contributed by atoms with Gasteiger partial charge >= 0.3 is 5.69 Å². The third kappa shape index (κ3) is 3.43. The van der Waals surface area contributed by atoms with E-state index in [2.05, 4.69) is 10.3 Å². The third-order valence-electron chi connectivity index (χ3n) is 2.64. The summed E-state index contributed by atoms with van der Waals surface area (Å²) in [5.41, 5.74) is 0.432. The predicted octanol–water partition coefficient (Wildman–Crippen LogP) is 3.27. The highest BCUT2D eigenvalue weighted by molar-refractivity contribution is 6.30. The molecule has 0 aliphatic carbocycles. The van der Waals surface area contributed by atoms with Gasteiger partial charge in [0.1, 0.15) is 11.9 Å². The summed E-state index contributed by atoms with van der Waals surface area (Å²) in [6.45, 7) is 0.180. The van der Waals surface area contributed by atoms with Crippen molar-refractivity contribution < 1.29 is 9.31 Å². The molecule has 6 nitrogen and oxygen atoms in total. The first-order valence-corrected chi connectivity index (χ1v) is 6.11. The van der Waals surface area contributed by atoms with Crippen LogP contribution in [0, 0.1) is 27.3 Å². The lowest BCUT2D eigenvalue weighted by Gasteiger charge is -2.07. The van der Waals surface area contributed by atoms with Gasteiger partial charge in [-0.25, -0.2) is 9.37 Å². The van der Waals surface area contributed by atoms with Gasteiger partial charge in [0.15, 0.2) is 0 Å². The van der Waals surface area contributed by atoms with Crippen molar-refractivity contribution in [2.45, 2.75) is 6.54 Å². The number of pyridine rings is 1. The molecule has 1 aromatic carbocycles. The summed E-state index contributed by atoms with van der Waals surface area (Å²) in [5, 5.41) is 22.4. The maximum Gasteiger partial charge on any atom is 0.312 e. The first-order valence-electron chi connectivity index (χ1n) is 5.73. The molecule has 1 N–H and O–H groups in total. The zero-order chi connectivity index (χ0) is 15.4. The first kappa shape index (κ1) is 14.7. The summed E-state index contributed by atoms with van der Waals surface area (Å²) in [6.07, 6.45) is 1.23. The zero-order valence-electron chi connectivity index (χ0n) is 10.5. The number of anilines is 1. The lowest BCUT2D eigenvalue weighted by atomic mass is 10.2. The maximum atomic E-state index is 13.0. The molecule has 0 aliphatic rings. The van der Waals surface area contributed by atoms with E-state index >= 15 is 0 Å². The molecular formula is C13H8ClFN4O2. The fraction of sp³-hybridized carbons (Fsp3) is 0.0769. The lowest BCUT2D eigenvalue weighted by Crippen LogP contribution is -2.05. The van der Waals surface area contributed by atoms with Gasteiger partial charge in [0.2, 0.25) is 5.82 Å². The van der Waals surface area contributed by atoms with Crippen LogP contribution in [0.1, 0.15) is 11.1 Å². The van der Waals surface area contributed by atoms with Gasteiger partial charge in [-0.1, -0.05) is 17.7 Å². The minimum Gasteiger partial charge on any atom is -0.360 e. The largest absolute Gasteiger partial charge is 0.360 e. The van der Waals surface area contributed by atoms with Crippen LogP contribution < -0.4 is 5.32 Å². The van der Waals surface area contributed by atoms with E-state index in [1.165, 1.54) is 24.4 Å². The Bertz CT molecular complexity index is 745. The SMILES string of the molecule is N#Cc1cnc(NCc2ccc(F)c(Cl)c2)c([N+](=O)[O-])c1. The molecule has 0 aliphatic heterocycles. The zero-order valence-corrected chi connectivity index (χ0v) is 11.3. The summed E-state index contributed by atoms with van der Waals surface area (Å²) in [7, 11) is 0. The predicted molar refractivity (Wildman–Crippen MR) is 74.3 cm³/mol. The highest BCUT2D eigenvalue weighted by Crippen LogP contribution is 2.23. The molecule has 1 aromatic heterocycles. The standard InChI is InChI=1S/C13H8ClFN4O2/c14-10-3-8(1-2-11(10)15)6-17-13-12(19(20)21)4-9(5-16)7-18-13/h1-4,7H,6H2,(H,17,18). The third-order valence-corrected chi connectivity index (χ3v) is 2.93. The minimum atomic E-state index is -0.631. The smallest absolute Gasteiger partial charge is 0.312 e. The van der Waals surface area contributed by atoms with Crippen LogP contribution in [0.4, 0.5) is 15.9 Å². The molecule has 0 unspecified atom stereocenters. The number of nitrogens with zero attached hydrogens (tertiary/aromatic N) is 3. The molecule has 106 valence electrons. The molecule has 0 amide bonds. The van der Waals surface area contributed by atoms with Gasteiger partial charge < -0.3 is 5.32 Å². The highest BCUT2D eigenvalue weighted by atomic mass is 35.5. The van der Waals surface area contributed by atoms with Gasteiger partial charge in [0, 0.05) is 18.8 Å². The van der Waals surface area contributed by atoms with Crippen LogP contribution in [0.25, 0.3) is 0 Å². The highest BCUT2D eigenvalue weighted by Gasteiger charge is 2.16. The van der Waals surface area contributed by atoms with Gasteiger partial charge in [-0.15, -0.1) is 0 Å². The molecule has 0 saturated heterocycles. The van der Waals surface area contributed by atoms with Crippen LogP contribution in [-0.4, -0.2) is 9.91 Å². The number of benzene rings is 1. The van der Waals surface area contributed by atoms with Crippen molar-refractivity contribution in [2.75, 3.05) is 5.32 Å². The molecule has 0 bridgehead atoms. The van der Waals surface area contributed by atoms with Gasteiger partial charge in [0.05, 0.1) is 15.5 Å². The van der Waals surface area contributed by atoms with Gasteiger partial charge in [-0.2, -0.15) is 5.26 Å². The van der Waals surface area contributed by atoms with Gasteiger partial charge in [-0.3, -0.25) is 10.1 Å². The number of halogens is 2. The fourth-order valence-corrected chi connectivity index (χ4v) is 1.83. The summed E-state index contributed by atoms with van der Waals surface area (Å²) in [6, 6.07) is 7.04. The Balaban J connectivity index is 2.21. The number of rotatable bonds is 4. The Labute approximate surface area is 124 Å². The second-order valence-electron chi connectivity index (χ2n) is 4.06. The first-order chi connectivity index (χ1) is 10.0. The molecule has 2 aromatic rings. The number of aromatic nitrogens is 1. The Hall–Kier alpha value is -2.72. The van der Waals surface area contributed by atoms with Crippen molar-refractivity contribution in [1.29, 1.82) is 5.26 Å². The topological polar surface area (TPSA) is 91.8 Å². The van der Waals surface area contributed by atoms with Crippen LogP contribution in [0.3, 0.4) is 0 Å². The molecule has 0 radical (unpaired) electrons.